The summed E-state index contributed by atoms with van der Waals surface area (Å²) in [4.78, 5) is 41.5. The van der Waals surface area contributed by atoms with Crippen LogP contribution in [0.15, 0.2) is 43.1 Å². The first-order valence-electron chi connectivity index (χ1n) is 18.3. The Kier molecular flexibility index (Phi) is 17.0. The number of hydrogen-bond acceptors (Lipinski definition) is 15. The van der Waals surface area contributed by atoms with E-state index < -0.39 is 52.2 Å². The zero-order valence-electron chi connectivity index (χ0n) is 31.0. The fourth-order valence-corrected chi connectivity index (χ4v) is 9.13. The smallest absolute Gasteiger partial charge is 0.340 e. The standard InChI is InChI=1S/C34H51ClN6O13P2/c1-2-13-49-15-17-51-19-20-52-18-16-50-14-12-40(22-25-8-4-5-9-27(25)39-10-6-3-7-11-39)31-26-21-36-41(32(26)38-34(35)37-31)33-30(43)29(42)28(54-33)23-53-56(47,48)24-55(44,45)46/h2,4-5,8-9,21,28-30,33,42-43H,1,3,6-7,10-20,22-24H2,(H,47,48)(H2,44,45,46)/t28-,29-,30-,33-/m1/s1. The number of aliphatic hydroxyl groups is 2. The van der Waals surface area contributed by atoms with Gasteiger partial charge in [-0.25, -0.2) is 4.68 Å². The van der Waals surface area contributed by atoms with Crippen LogP contribution in [0.25, 0.3) is 11.0 Å². The molecule has 5 rings (SSSR count). The second kappa shape index (κ2) is 21.4. The summed E-state index contributed by atoms with van der Waals surface area (Å²) in [7, 11) is -9.65. The van der Waals surface area contributed by atoms with Crippen molar-refractivity contribution < 1.29 is 62.2 Å². The van der Waals surface area contributed by atoms with Crippen LogP contribution in [0, 0.1) is 0 Å². The van der Waals surface area contributed by atoms with E-state index in [0.29, 0.717) is 77.1 Å². The highest BCUT2D eigenvalue weighted by molar-refractivity contribution is 7.70. The SMILES string of the molecule is C=CCOCCOCCOCCOCCN(Cc1ccccc1N1CCCCC1)c1nc(Cl)nc2c1cnn2[C@@H]1O[C@H](COP(=O)(O)CP(=O)(O)O)[C@@H](O)[C@H]1O. The summed E-state index contributed by atoms with van der Waals surface area (Å²) in [5.41, 5.74) is 2.35. The van der Waals surface area contributed by atoms with Crippen molar-refractivity contribution in [1.29, 1.82) is 0 Å². The van der Waals surface area contributed by atoms with Gasteiger partial charge in [-0.2, -0.15) is 15.1 Å². The Morgan fingerprint density at radius 2 is 1.59 bits per heavy atom. The van der Waals surface area contributed by atoms with Crippen molar-refractivity contribution in [2.45, 2.75) is 50.3 Å². The minimum absolute atomic E-state index is 0.126. The molecule has 1 aromatic carbocycles. The molecule has 4 heterocycles. The van der Waals surface area contributed by atoms with Crippen LogP contribution in [0.4, 0.5) is 11.5 Å². The monoisotopic (exact) mass is 848 g/mol. The van der Waals surface area contributed by atoms with Crippen molar-refractivity contribution >= 4 is 49.3 Å². The van der Waals surface area contributed by atoms with Crippen LogP contribution in [-0.4, -0.2) is 148 Å². The van der Waals surface area contributed by atoms with Crippen molar-refractivity contribution in [3.05, 3.63) is 54.0 Å². The molecular weight excluding hydrogens is 798 g/mol. The molecule has 0 saturated carbocycles. The number of aromatic nitrogens is 4. The highest BCUT2D eigenvalue weighted by atomic mass is 35.5. The molecule has 2 aromatic heterocycles. The first-order valence-corrected chi connectivity index (χ1v) is 22.2. The fraction of sp³-hybridized carbons (Fsp3) is 0.618. The number of anilines is 2. The highest BCUT2D eigenvalue weighted by Gasteiger charge is 2.46. The maximum Gasteiger partial charge on any atom is 0.340 e. The minimum Gasteiger partial charge on any atom is -0.387 e. The lowest BCUT2D eigenvalue weighted by Crippen LogP contribution is -2.34. The molecule has 3 aromatic rings. The Morgan fingerprint density at radius 1 is 0.929 bits per heavy atom. The normalized spacial score (nSPS) is 21.4. The molecule has 2 fully saturated rings. The van der Waals surface area contributed by atoms with Gasteiger partial charge in [-0.05, 0) is 42.5 Å². The van der Waals surface area contributed by atoms with E-state index >= 15 is 0 Å². The second-order valence-corrected chi connectivity index (χ2v) is 17.6. The van der Waals surface area contributed by atoms with Gasteiger partial charge in [0.1, 0.15) is 24.1 Å². The van der Waals surface area contributed by atoms with E-state index in [4.69, 9.17) is 49.6 Å². The lowest BCUT2D eigenvalue weighted by Gasteiger charge is -2.32. The van der Waals surface area contributed by atoms with E-state index in [-0.39, 0.29) is 10.9 Å². The average molecular weight is 849 g/mol. The summed E-state index contributed by atoms with van der Waals surface area (Å²) in [6.07, 6.45) is 0.642. The Morgan fingerprint density at radius 3 is 2.27 bits per heavy atom. The Labute approximate surface area is 329 Å². The third-order valence-electron chi connectivity index (χ3n) is 8.99. The van der Waals surface area contributed by atoms with Gasteiger partial charge in [-0.3, -0.25) is 9.13 Å². The van der Waals surface area contributed by atoms with Crippen molar-refractivity contribution in [2.24, 2.45) is 0 Å². The molecule has 0 spiro atoms. The summed E-state index contributed by atoms with van der Waals surface area (Å²) in [5, 5.41) is 26.5. The summed E-state index contributed by atoms with van der Waals surface area (Å²) >= 11 is 6.53. The van der Waals surface area contributed by atoms with Gasteiger partial charge >= 0.3 is 15.2 Å². The van der Waals surface area contributed by atoms with Crippen LogP contribution in [0.3, 0.4) is 0 Å². The Hall–Kier alpha value is -2.58. The van der Waals surface area contributed by atoms with E-state index in [0.717, 1.165) is 37.2 Å². The zero-order valence-corrected chi connectivity index (χ0v) is 33.5. The number of ether oxygens (including phenoxy) is 5. The number of rotatable bonds is 24. The van der Waals surface area contributed by atoms with Crippen LogP contribution in [0.5, 0.6) is 0 Å². The number of aliphatic hydroxyl groups excluding tert-OH is 2. The van der Waals surface area contributed by atoms with Gasteiger partial charge in [0.2, 0.25) is 5.28 Å². The number of hydrogen-bond donors (Lipinski definition) is 5. The zero-order chi connectivity index (χ0) is 40.1. The van der Waals surface area contributed by atoms with Crippen LogP contribution in [-0.2, 0) is 43.9 Å². The van der Waals surface area contributed by atoms with Gasteiger partial charge in [0.25, 0.3) is 0 Å². The molecule has 2 saturated heterocycles. The molecule has 312 valence electrons. The maximum atomic E-state index is 12.2. The van der Waals surface area contributed by atoms with Gasteiger partial charge < -0.3 is 62.9 Å². The van der Waals surface area contributed by atoms with E-state index in [2.05, 4.69) is 38.7 Å². The summed E-state index contributed by atoms with van der Waals surface area (Å²) in [6, 6.07) is 8.18. The molecule has 19 nitrogen and oxygen atoms in total. The predicted octanol–water partition coefficient (Wildman–Crippen LogP) is 2.69. The third-order valence-corrected chi connectivity index (χ3v) is 12.6. The van der Waals surface area contributed by atoms with E-state index in [1.54, 1.807) is 6.08 Å². The fourth-order valence-electron chi connectivity index (χ4n) is 6.40. The minimum atomic E-state index is -4.89. The van der Waals surface area contributed by atoms with Gasteiger partial charge in [0, 0.05) is 31.9 Å². The maximum absolute atomic E-state index is 12.2. The topological polar surface area (TPSA) is 241 Å². The number of piperidine rings is 1. The molecule has 0 radical (unpaired) electrons. The molecule has 2 aliphatic heterocycles. The lowest BCUT2D eigenvalue weighted by molar-refractivity contribution is -0.0541. The first-order chi connectivity index (χ1) is 26.9. The molecule has 5 atom stereocenters. The van der Waals surface area contributed by atoms with Crippen molar-refractivity contribution in [2.75, 3.05) is 94.8 Å². The molecular formula is C34H51ClN6O13P2. The number of fused-ring (bicyclic) bond motifs is 1. The van der Waals surface area contributed by atoms with Crippen LogP contribution >= 0.6 is 26.8 Å². The Bertz CT molecular complexity index is 1800. The average Bonchev–Trinajstić information content (AvgIpc) is 3.70. The molecule has 2 aliphatic rings. The first kappa shape index (κ1) is 44.5. The van der Waals surface area contributed by atoms with Crippen LogP contribution < -0.4 is 9.80 Å². The summed E-state index contributed by atoms with van der Waals surface area (Å²) in [5.74, 6) is -0.988. The largest absolute Gasteiger partial charge is 0.387 e. The summed E-state index contributed by atoms with van der Waals surface area (Å²) in [6.45, 7) is 8.83. The molecule has 56 heavy (non-hydrogen) atoms. The van der Waals surface area contributed by atoms with Gasteiger partial charge in [-0.15, -0.1) is 6.58 Å². The number of halogens is 1. The quantitative estimate of drug-likeness (QED) is 0.0377. The van der Waals surface area contributed by atoms with E-state index in [9.17, 15) is 24.2 Å². The summed E-state index contributed by atoms with van der Waals surface area (Å²) < 4.78 is 57.7. The molecule has 0 bridgehead atoms. The predicted molar refractivity (Wildman–Crippen MR) is 206 cm³/mol. The van der Waals surface area contributed by atoms with Gasteiger partial charge in [0.05, 0.1) is 71.0 Å². The van der Waals surface area contributed by atoms with Crippen molar-refractivity contribution in [3.8, 4) is 0 Å². The third kappa shape index (κ3) is 13.0. The van der Waals surface area contributed by atoms with Crippen molar-refractivity contribution in [3.63, 3.8) is 0 Å². The van der Waals surface area contributed by atoms with E-state index in [1.807, 2.05) is 17.0 Å². The number of para-hydroxylation sites is 1. The van der Waals surface area contributed by atoms with E-state index in [1.165, 1.54) is 17.3 Å². The second-order valence-electron chi connectivity index (χ2n) is 13.2. The molecule has 1 unspecified atom stereocenters. The molecule has 22 heteroatoms. The van der Waals surface area contributed by atoms with Gasteiger partial charge in [-0.1, -0.05) is 24.3 Å². The van der Waals surface area contributed by atoms with Crippen molar-refractivity contribution in [1.82, 2.24) is 19.7 Å². The van der Waals surface area contributed by atoms with Crippen LogP contribution in [0.1, 0.15) is 31.1 Å². The lowest BCUT2D eigenvalue weighted by atomic mass is 10.1. The molecule has 5 N–H and O–H groups in total. The number of nitrogens with zero attached hydrogens (tertiary/aromatic N) is 6. The molecule has 0 amide bonds. The van der Waals surface area contributed by atoms with Crippen LogP contribution in [0.2, 0.25) is 5.28 Å². The number of benzene rings is 1. The van der Waals surface area contributed by atoms with Gasteiger partial charge in [0.15, 0.2) is 17.8 Å². The highest BCUT2D eigenvalue weighted by Crippen LogP contribution is 2.55. The molecule has 0 aliphatic carbocycles. The Balaban J connectivity index is 1.30.